The summed E-state index contributed by atoms with van der Waals surface area (Å²) in [5, 5.41) is 0. The Kier molecular flexibility index (Phi) is 7.92. The van der Waals surface area contributed by atoms with Crippen molar-refractivity contribution in [2.75, 3.05) is 18.6 Å². The van der Waals surface area contributed by atoms with Crippen LogP contribution >= 0.6 is 0 Å². The molecule has 0 atom stereocenters. The summed E-state index contributed by atoms with van der Waals surface area (Å²) in [6.07, 6.45) is 14.1. The Hall–Kier alpha value is -3.80. The van der Waals surface area contributed by atoms with Crippen molar-refractivity contribution in [3.8, 4) is 17.1 Å². The van der Waals surface area contributed by atoms with Gasteiger partial charge in [-0.2, -0.15) is 0 Å². The molecule has 3 aromatic rings. The standard InChI is InChI=1S/C33H38N4O2/c1-5-6-7-8-9-10-11-20-39-23-16-17-27-26(21-23)33(2,3)28(37(27)4)22-36-31-24-14-12-18-34-29(24)30-25(32(31)38)15-13-19-35-30/h12-19,21-22H,5-11,20H2,1-4H3/b28-22-,36-31?. The van der Waals surface area contributed by atoms with Crippen LogP contribution in [0.5, 0.6) is 5.75 Å². The number of ketones is 1. The van der Waals surface area contributed by atoms with E-state index < -0.39 is 0 Å². The van der Waals surface area contributed by atoms with Crippen molar-refractivity contribution in [3.05, 3.63) is 83.4 Å². The van der Waals surface area contributed by atoms with Gasteiger partial charge in [-0.05, 0) is 54.4 Å². The average Bonchev–Trinajstić information content (AvgIpc) is 3.14. The summed E-state index contributed by atoms with van der Waals surface area (Å²) in [7, 11) is 2.05. The van der Waals surface area contributed by atoms with Gasteiger partial charge in [0, 0.05) is 48.0 Å². The Morgan fingerprint density at radius 3 is 2.33 bits per heavy atom. The Bertz CT molecular complexity index is 1420. The lowest BCUT2D eigenvalue weighted by Gasteiger charge is -2.23. The lowest BCUT2D eigenvalue weighted by Crippen LogP contribution is -2.25. The molecule has 6 nitrogen and oxygen atoms in total. The van der Waals surface area contributed by atoms with Crippen LogP contribution in [0, 0.1) is 0 Å². The minimum absolute atomic E-state index is 0.132. The first-order chi connectivity index (χ1) is 18.9. The number of rotatable bonds is 10. The number of benzene rings is 1. The first-order valence-corrected chi connectivity index (χ1v) is 14.2. The van der Waals surface area contributed by atoms with Crippen LogP contribution in [-0.4, -0.2) is 35.1 Å². The maximum atomic E-state index is 13.4. The molecule has 3 heterocycles. The van der Waals surface area contributed by atoms with Gasteiger partial charge >= 0.3 is 0 Å². The van der Waals surface area contributed by atoms with Crippen LogP contribution in [0.3, 0.4) is 0 Å². The lowest BCUT2D eigenvalue weighted by molar-refractivity contribution is 0.106. The lowest BCUT2D eigenvalue weighted by atomic mass is 9.84. The third kappa shape index (κ3) is 5.25. The molecule has 0 amide bonds. The number of carbonyl (C=O) groups excluding carboxylic acids is 1. The number of hydrogen-bond acceptors (Lipinski definition) is 6. The van der Waals surface area contributed by atoms with Crippen molar-refractivity contribution < 1.29 is 9.53 Å². The quantitative estimate of drug-likeness (QED) is 0.258. The zero-order chi connectivity index (χ0) is 27.4. The molecule has 0 spiro atoms. The molecule has 6 heteroatoms. The molecule has 0 bridgehead atoms. The van der Waals surface area contributed by atoms with E-state index in [9.17, 15) is 4.79 Å². The van der Waals surface area contributed by atoms with Crippen molar-refractivity contribution in [1.29, 1.82) is 0 Å². The molecule has 5 rings (SSSR count). The number of pyridine rings is 2. The summed E-state index contributed by atoms with van der Waals surface area (Å²) in [5.41, 5.74) is 5.97. The van der Waals surface area contributed by atoms with Crippen LogP contribution in [0.15, 0.2) is 71.7 Å². The number of allylic oxidation sites excluding steroid dienone is 1. The number of aromatic nitrogens is 2. The fraction of sp³-hybridized carbons (Fsp3) is 0.394. The van der Waals surface area contributed by atoms with Crippen LogP contribution in [-0.2, 0) is 5.41 Å². The molecule has 1 aliphatic carbocycles. The van der Waals surface area contributed by atoms with Gasteiger partial charge in [0.2, 0.25) is 5.78 Å². The molecule has 2 aliphatic rings. The molecule has 2 aromatic heterocycles. The molecule has 1 aromatic carbocycles. The van der Waals surface area contributed by atoms with Gasteiger partial charge in [-0.25, -0.2) is 0 Å². The Morgan fingerprint density at radius 1 is 0.923 bits per heavy atom. The summed E-state index contributed by atoms with van der Waals surface area (Å²) in [6, 6.07) is 13.6. The molecule has 0 fully saturated rings. The zero-order valence-corrected chi connectivity index (χ0v) is 23.5. The van der Waals surface area contributed by atoms with E-state index in [0.717, 1.165) is 30.2 Å². The summed E-state index contributed by atoms with van der Waals surface area (Å²) in [6.45, 7) is 7.38. The molecular weight excluding hydrogens is 484 g/mol. The third-order valence-corrected chi connectivity index (χ3v) is 7.89. The maximum Gasteiger partial charge on any atom is 0.214 e. The molecule has 0 saturated carbocycles. The van der Waals surface area contributed by atoms with Crippen LogP contribution in [0.4, 0.5) is 5.69 Å². The number of hydrogen-bond donors (Lipinski definition) is 0. The molecule has 0 N–H and O–H groups in total. The highest BCUT2D eigenvalue weighted by Gasteiger charge is 2.39. The van der Waals surface area contributed by atoms with Gasteiger partial charge in [0.25, 0.3) is 0 Å². The van der Waals surface area contributed by atoms with Gasteiger partial charge in [-0.15, -0.1) is 0 Å². The summed E-state index contributed by atoms with van der Waals surface area (Å²) >= 11 is 0. The Balaban J connectivity index is 1.35. The Labute approximate surface area is 231 Å². The van der Waals surface area contributed by atoms with E-state index in [1.807, 2.05) is 18.3 Å². The van der Waals surface area contributed by atoms with Gasteiger partial charge in [-0.1, -0.05) is 59.3 Å². The summed E-state index contributed by atoms with van der Waals surface area (Å²) in [5.74, 6) is 0.771. The number of anilines is 1. The minimum Gasteiger partial charge on any atom is -0.494 e. The Morgan fingerprint density at radius 2 is 1.59 bits per heavy atom. The van der Waals surface area contributed by atoms with Gasteiger partial charge in [0.05, 0.1) is 17.9 Å². The topological polar surface area (TPSA) is 67.7 Å². The molecule has 39 heavy (non-hydrogen) atoms. The van der Waals surface area contributed by atoms with Crippen LogP contribution in [0.2, 0.25) is 0 Å². The normalized spacial score (nSPS) is 17.3. The second kappa shape index (κ2) is 11.5. The predicted molar refractivity (Wildman–Crippen MR) is 158 cm³/mol. The highest BCUT2D eigenvalue weighted by atomic mass is 16.5. The van der Waals surface area contributed by atoms with E-state index in [0.29, 0.717) is 28.2 Å². The monoisotopic (exact) mass is 522 g/mol. The number of Topliss-reactive ketones (excluding diaryl/α,β-unsaturated/α-hetero) is 1. The summed E-state index contributed by atoms with van der Waals surface area (Å²) in [4.78, 5) is 29.4. The number of aliphatic imine (C=N–C) groups is 1. The van der Waals surface area contributed by atoms with Crippen molar-refractivity contribution >= 4 is 17.2 Å². The van der Waals surface area contributed by atoms with Crippen LogP contribution < -0.4 is 9.64 Å². The highest BCUT2D eigenvalue weighted by Crippen LogP contribution is 2.48. The molecule has 0 radical (unpaired) electrons. The van der Waals surface area contributed by atoms with Crippen molar-refractivity contribution in [3.63, 3.8) is 0 Å². The third-order valence-electron chi connectivity index (χ3n) is 7.89. The van der Waals surface area contributed by atoms with E-state index in [2.05, 4.69) is 60.9 Å². The van der Waals surface area contributed by atoms with E-state index >= 15 is 0 Å². The zero-order valence-electron chi connectivity index (χ0n) is 23.5. The molecular formula is C33H38N4O2. The smallest absolute Gasteiger partial charge is 0.214 e. The first-order valence-electron chi connectivity index (χ1n) is 14.2. The molecule has 202 valence electrons. The van der Waals surface area contributed by atoms with Crippen molar-refractivity contribution in [1.82, 2.24) is 9.97 Å². The highest BCUT2D eigenvalue weighted by molar-refractivity contribution is 6.54. The second-order valence-electron chi connectivity index (χ2n) is 11.0. The SMILES string of the molecule is CCCCCCCCCOc1ccc2c(c1)C(C)(C)/C(=C/N=C1C(=O)c3cccnc3-c3ncccc31)N2C. The number of likely N-dealkylation sites (N-methyl/N-ethyl adjacent to an activating group) is 1. The summed E-state index contributed by atoms with van der Waals surface area (Å²) < 4.78 is 6.14. The van der Waals surface area contributed by atoms with Crippen molar-refractivity contribution in [2.45, 2.75) is 71.1 Å². The van der Waals surface area contributed by atoms with E-state index in [4.69, 9.17) is 9.73 Å². The van der Waals surface area contributed by atoms with E-state index in [-0.39, 0.29) is 11.2 Å². The van der Waals surface area contributed by atoms with Gasteiger partial charge < -0.3 is 9.64 Å². The number of nitrogens with zero attached hydrogens (tertiary/aromatic N) is 4. The van der Waals surface area contributed by atoms with Crippen LogP contribution in [0.25, 0.3) is 11.4 Å². The van der Waals surface area contributed by atoms with E-state index in [1.54, 1.807) is 24.5 Å². The van der Waals surface area contributed by atoms with Gasteiger partial charge in [-0.3, -0.25) is 19.8 Å². The average molecular weight is 523 g/mol. The van der Waals surface area contributed by atoms with E-state index in [1.165, 1.54) is 44.1 Å². The number of fused-ring (bicyclic) bond motifs is 4. The fourth-order valence-electron chi connectivity index (χ4n) is 5.65. The number of unbranched alkanes of at least 4 members (excludes halogenated alkanes) is 6. The second-order valence-corrected chi connectivity index (χ2v) is 11.0. The van der Waals surface area contributed by atoms with Gasteiger partial charge in [0.1, 0.15) is 17.2 Å². The van der Waals surface area contributed by atoms with Gasteiger partial charge in [0.15, 0.2) is 0 Å². The molecule has 1 aliphatic heterocycles. The number of carbonyl (C=O) groups is 1. The predicted octanol–water partition coefficient (Wildman–Crippen LogP) is 7.53. The maximum absolute atomic E-state index is 13.4. The van der Waals surface area contributed by atoms with Crippen molar-refractivity contribution in [2.24, 2.45) is 4.99 Å². The largest absolute Gasteiger partial charge is 0.494 e. The molecule has 0 unspecified atom stereocenters. The van der Waals surface area contributed by atoms with Crippen LogP contribution in [0.1, 0.15) is 87.2 Å². The molecule has 0 saturated heterocycles. The fourth-order valence-corrected chi connectivity index (χ4v) is 5.65. The number of ether oxygens (including phenoxy) is 1. The first kappa shape index (κ1) is 26.8. The minimum atomic E-state index is -0.304.